The highest BCUT2D eigenvalue weighted by Crippen LogP contribution is 2.15. The summed E-state index contributed by atoms with van der Waals surface area (Å²) in [6, 6.07) is 0. The molecule has 0 aromatic carbocycles. The number of sulfone groups is 1. The van der Waals surface area contributed by atoms with E-state index in [0.29, 0.717) is 19.0 Å². The van der Waals surface area contributed by atoms with Crippen LogP contribution in [0.15, 0.2) is 12.3 Å². The molecule has 1 fully saturated rings. The van der Waals surface area contributed by atoms with Crippen LogP contribution < -0.4 is 0 Å². The molecule has 1 heterocycles. The van der Waals surface area contributed by atoms with Crippen molar-refractivity contribution in [2.24, 2.45) is 5.92 Å². The van der Waals surface area contributed by atoms with E-state index in [0.717, 1.165) is 5.70 Å². The molecule has 1 rings (SSSR count). The zero-order valence-electron chi connectivity index (χ0n) is 8.28. The standard InChI is InChI=1S/C9H17NO2S/c1-8(2)9(3)10-4-6-13(11,12)7-5-10/h8H,3-7H2,1-2H3. The number of hydrogen-bond donors (Lipinski definition) is 0. The molecule has 0 aromatic heterocycles. The van der Waals surface area contributed by atoms with Crippen LogP contribution >= 0.6 is 0 Å². The minimum Gasteiger partial charge on any atom is -0.373 e. The predicted octanol–water partition coefficient (Wildman–Crippen LogP) is 0.887. The van der Waals surface area contributed by atoms with E-state index in [4.69, 9.17) is 0 Å². The second kappa shape index (κ2) is 3.70. The van der Waals surface area contributed by atoms with Crippen LogP contribution in [0.25, 0.3) is 0 Å². The van der Waals surface area contributed by atoms with E-state index in [1.165, 1.54) is 0 Å². The lowest BCUT2D eigenvalue weighted by Gasteiger charge is -2.32. The molecule has 0 radical (unpaired) electrons. The summed E-state index contributed by atoms with van der Waals surface area (Å²) in [5, 5.41) is 0. The van der Waals surface area contributed by atoms with Gasteiger partial charge in [-0.3, -0.25) is 0 Å². The fourth-order valence-electron chi connectivity index (χ4n) is 1.36. The molecule has 0 amide bonds. The zero-order chi connectivity index (χ0) is 10.1. The molecule has 0 N–H and O–H groups in total. The molecule has 0 aromatic rings. The fourth-order valence-corrected chi connectivity index (χ4v) is 2.57. The van der Waals surface area contributed by atoms with Crippen LogP contribution in [0.3, 0.4) is 0 Å². The molecule has 1 aliphatic rings. The van der Waals surface area contributed by atoms with E-state index in [1.54, 1.807) is 0 Å². The van der Waals surface area contributed by atoms with E-state index in [1.807, 2.05) is 0 Å². The van der Waals surface area contributed by atoms with Crippen molar-refractivity contribution in [3.05, 3.63) is 12.3 Å². The third kappa shape index (κ3) is 2.72. The summed E-state index contributed by atoms with van der Waals surface area (Å²) in [7, 11) is -2.76. The van der Waals surface area contributed by atoms with Gasteiger partial charge in [0.25, 0.3) is 0 Å². The second-order valence-electron chi connectivity index (χ2n) is 3.78. The normalized spacial score (nSPS) is 21.9. The van der Waals surface area contributed by atoms with Crippen LogP contribution in [0.2, 0.25) is 0 Å². The lowest BCUT2D eigenvalue weighted by molar-refractivity contribution is 0.336. The van der Waals surface area contributed by atoms with Crippen LogP contribution in [0.4, 0.5) is 0 Å². The Balaban J connectivity index is 2.55. The Labute approximate surface area is 80.3 Å². The summed E-state index contributed by atoms with van der Waals surface area (Å²) in [5.41, 5.74) is 1.05. The first kappa shape index (κ1) is 10.6. The molecule has 0 atom stereocenters. The van der Waals surface area contributed by atoms with Crippen LogP contribution in [-0.4, -0.2) is 37.9 Å². The summed E-state index contributed by atoms with van der Waals surface area (Å²) < 4.78 is 22.3. The van der Waals surface area contributed by atoms with Gasteiger partial charge in [0.05, 0.1) is 11.5 Å². The summed E-state index contributed by atoms with van der Waals surface area (Å²) in [4.78, 5) is 2.08. The van der Waals surface area contributed by atoms with Crippen molar-refractivity contribution in [1.29, 1.82) is 0 Å². The predicted molar refractivity (Wildman–Crippen MR) is 54.2 cm³/mol. The topological polar surface area (TPSA) is 37.4 Å². The van der Waals surface area contributed by atoms with Gasteiger partial charge in [0.15, 0.2) is 9.84 Å². The van der Waals surface area contributed by atoms with Crippen molar-refractivity contribution in [3.8, 4) is 0 Å². The van der Waals surface area contributed by atoms with E-state index in [-0.39, 0.29) is 11.5 Å². The highest BCUT2D eigenvalue weighted by molar-refractivity contribution is 7.91. The van der Waals surface area contributed by atoms with Crippen molar-refractivity contribution >= 4 is 9.84 Å². The first-order chi connectivity index (χ1) is 5.92. The van der Waals surface area contributed by atoms with Gasteiger partial charge in [-0.05, 0) is 5.92 Å². The van der Waals surface area contributed by atoms with E-state index >= 15 is 0 Å². The lowest BCUT2D eigenvalue weighted by Crippen LogP contribution is -2.40. The van der Waals surface area contributed by atoms with Crippen LogP contribution in [-0.2, 0) is 9.84 Å². The van der Waals surface area contributed by atoms with Gasteiger partial charge < -0.3 is 4.90 Å². The van der Waals surface area contributed by atoms with Gasteiger partial charge in [-0.1, -0.05) is 20.4 Å². The monoisotopic (exact) mass is 203 g/mol. The molecule has 13 heavy (non-hydrogen) atoms. The maximum absolute atomic E-state index is 11.1. The molecule has 0 saturated carbocycles. The third-order valence-electron chi connectivity index (χ3n) is 2.42. The van der Waals surface area contributed by atoms with Crippen molar-refractivity contribution < 1.29 is 8.42 Å². The van der Waals surface area contributed by atoms with E-state index < -0.39 is 9.84 Å². The summed E-state index contributed by atoms with van der Waals surface area (Å²) >= 11 is 0. The first-order valence-electron chi connectivity index (χ1n) is 4.56. The molecule has 1 aliphatic heterocycles. The summed E-state index contributed by atoms with van der Waals surface area (Å²) in [6.45, 7) is 9.33. The Bertz CT molecular complexity index is 279. The SMILES string of the molecule is C=C(C(C)C)N1CCS(=O)(=O)CC1. The van der Waals surface area contributed by atoms with Crippen LogP contribution in [0.5, 0.6) is 0 Å². The molecular formula is C9H17NO2S. The van der Waals surface area contributed by atoms with Gasteiger partial charge in [0.2, 0.25) is 0 Å². The van der Waals surface area contributed by atoms with Crippen LogP contribution in [0, 0.1) is 5.92 Å². The lowest BCUT2D eigenvalue weighted by atomic mass is 10.1. The Kier molecular flexibility index (Phi) is 3.01. The molecule has 3 nitrogen and oxygen atoms in total. The minimum atomic E-state index is -2.76. The fraction of sp³-hybridized carbons (Fsp3) is 0.778. The van der Waals surface area contributed by atoms with E-state index in [9.17, 15) is 8.42 Å². The number of allylic oxidation sites excluding steroid dienone is 1. The number of rotatable bonds is 2. The van der Waals surface area contributed by atoms with Gasteiger partial charge in [0.1, 0.15) is 0 Å². The quantitative estimate of drug-likeness (QED) is 0.669. The molecule has 76 valence electrons. The van der Waals surface area contributed by atoms with Crippen molar-refractivity contribution in [2.45, 2.75) is 13.8 Å². The Morgan fingerprint density at radius 3 is 2.15 bits per heavy atom. The Morgan fingerprint density at radius 1 is 1.31 bits per heavy atom. The van der Waals surface area contributed by atoms with Gasteiger partial charge in [-0.25, -0.2) is 8.42 Å². The maximum atomic E-state index is 11.1. The smallest absolute Gasteiger partial charge is 0.153 e. The van der Waals surface area contributed by atoms with Gasteiger partial charge in [0, 0.05) is 18.8 Å². The highest BCUT2D eigenvalue weighted by atomic mass is 32.2. The van der Waals surface area contributed by atoms with Gasteiger partial charge in [-0.15, -0.1) is 0 Å². The molecular weight excluding hydrogens is 186 g/mol. The summed E-state index contributed by atoms with van der Waals surface area (Å²) in [6.07, 6.45) is 0. The van der Waals surface area contributed by atoms with Crippen molar-refractivity contribution in [2.75, 3.05) is 24.6 Å². The first-order valence-corrected chi connectivity index (χ1v) is 6.39. The number of hydrogen-bond acceptors (Lipinski definition) is 3. The third-order valence-corrected chi connectivity index (χ3v) is 4.03. The van der Waals surface area contributed by atoms with Gasteiger partial charge >= 0.3 is 0 Å². The zero-order valence-corrected chi connectivity index (χ0v) is 9.10. The second-order valence-corrected chi connectivity index (χ2v) is 6.09. The molecule has 4 heteroatoms. The van der Waals surface area contributed by atoms with E-state index in [2.05, 4.69) is 25.3 Å². The van der Waals surface area contributed by atoms with Crippen LogP contribution in [0.1, 0.15) is 13.8 Å². The average molecular weight is 203 g/mol. The molecule has 1 saturated heterocycles. The molecule has 0 unspecified atom stereocenters. The number of nitrogens with zero attached hydrogens (tertiary/aromatic N) is 1. The van der Waals surface area contributed by atoms with Crippen molar-refractivity contribution in [1.82, 2.24) is 4.90 Å². The molecule has 0 spiro atoms. The maximum Gasteiger partial charge on any atom is 0.153 e. The summed E-state index contributed by atoms with van der Waals surface area (Å²) in [5.74, 6) is 0.957. The Hall–Kier alpha value is -0.510. The molecule has 0 bridgehead atoms. The largest absolute Gasteiger partial charge is 0.373 e. The highest BCUT2D eigenvalue weighted by Gasteiger charge is 2.22. The Morgan fingerprint density at radius 2 is 1.77 bits per heavy atom. The average Bonchev–Trinajstić information content (AvgIpc) is 2.03. The van der Waals surface area contributed by atoms with Gasteiger partial charge in [-0.2, -0.15) is 0 Å². The van der Waals surface area contributed by atoms with Crippen molar-refractivity contribution in [3.63, 3.8) is 0 Å². The molecule has 0 aliphatic carbocycles. The minimum absolute atomic E-state index is 0.277.